The van der Waals surface area contributed by atoms with Crippen LogP contribution >= 0.6 is 22.9 Å². The van der Waals surface area contributed by atoms with Gasteiger partial charge in [-0.3, -0.25) is 0 Å². The highest BCUT2D eigenvalue weighted by molar-refractivity contribution is 7.09. The first-order chi connectivity index (χ1) is 8.24. The average Bonchev–Trinajstić information content (AvgIpc) is 2.78. The van der Waals surface area contributed by atoms with Gasteiger partial charge in [-0.25, -0.2) is 4.98 Å². The van der Waals surface area contributed by atoms with Gasteiger partial charge >= 0.3 is 0 Å². The summed E-state index contributed by atoms with van der Waals surface area (Å²) in [6, 6.07) is 5.66. The Bertz CT molecular complexity index is 513. The highest BCUT2D eigenvalue weighted by Gasteiger charge is 2.07. The second kappa shape index (κ2) is 5.49. The van der Waals surface area contributed by atoms with Crippen LogP contribution in [0.4, 0.5) is 0 Å². The van der Waals surface area contributed by atoms with Crippen LogP contribution in [0.25, 0.3) is 11.3 Å². The molecule has 1 aromatic heterocycles. The normalized spacial score (nSPS) is 10.5. The van der Waals surface area contributed by atoms with E-state index in [-0.39, 0.29) is 0 Å². The number of nitrogens with two attached hydrogens (primary N) is 1. The minimum absolute atomic E-state index is 0.596. The Kier molecular flexibility index (Phi) is 3.99. The second-order valence-electron chi connectivity index (χ2n) is 3.51. The van der Waals surface area contributed by atoms with Crippen LogP contribution < -0.4 is 10.5 Å². The highest BCUT2D eigenvalue weighted by Crippen LogP contribution is 2.30. The molecular formula is C12H13ClN2OS. The molecule has 0 bridgehead atoms. The van der Waals surface area contributed by atoms with E-state index in [4.69, 9.17) is 22.1 Å². The van der Waals surface area contributed by atoms with Crippen molar-refractivity contribution in [1.82, 2.24) is 4.98 Å². The molecule has 17 heavy (non-hydrogen) atoms. The molecule has 0 fully saturated rings. The molecule has 0 aliphatic heterocycles. The van der Waals surface area contributed by atoms with Crippen molar-refractivity contribution >= 4 is 22.9 Å². The molecule has 0 saturated carbocycles. The largest absolute Gasteiger partial charge is 0.495 e. The number of hydrogen-bond donors (Lipinski definition) is 1. The summed E-state index contributed by atoms with van der Waals surface area (Å²) in [4.78, 5) is 4.51. The van der Waals surface area contributed by atoms with Crippen LogP contribution in [-0.4, -0.2) is 18.6 Å². The SMILES string of the molecule is COc1ccc(-c2csc(CCN)n2)cc1Cl. The van der Waals surface area contributed by atoms with Crippen LogP contribution in [-0.2, 0) is 6.42 Å². The summed E-state index contributed by atoms with van der Waals surface area (Å²) < 4.78 is 5.11. The zero-order valence-corrected chi connectivity index (χ0v) is 11.0. The van der Waals surface area contributed by atoms with E-state index >= 15 is 0 Å². The molecular weight excluding hydrogens is 256 g/mol. The molecule has 2 N–H and O–H groups in total. The van der Waals surface area contributed by atoms with Crippen molar-refractivity contribution in [3.05, 3.63) is 33.6 Å². The Morgan fingerprint density at radius 3 is 2.94 bits per heavy atom. The molecule has 0 radical (unpaired) electrons. The molecule has 0 spiro atoms. The van der Waals surface area contributed by atoms with E-state index in [0.29, 0.717) is 17.3 Å². The molecule has 0 unspecified atom stereocenters. The number of aromatic nitrogens is 1. The third-order valence-electron chi connectivity index (χ3n) is 2.36. The van der Waals surface area contributed by atoms with E-state index in [0.717, 1.165) is 22.7 Å². The molecule has 1 heterocycles. The van der Waals surface area contributed by atoms with E-state index in [1.807, 2.05) is 23.6 Å². The van der Waals surface area contributed by atoms with Gasteiger partial charge in [0.2, 0.25) is 0 Å². The Hall–Kier alpha value is -1.10. The fourth-order valence-electron chi connectivity index (χ4n) is 1.51. The number of benzene rings is 1. The third-order valence-corrected chi connectivity index (χ3v) is 3.56. The Morgan fingerprint density at radius 2 is 2.29 bits per heavy atom. The second-order valence-corrected chi connectivity index (χ2v) is 4.86. The summed E-state index contributed by atoms with van der Waals surface area (Å²) in [6.45, 7) is 0.621. The number of thiazole rings is 1. The molecule has 90 valence electrons. The molecule has 2 rings (SSSR count). The molecule has 0 amide bonds. The van der Waals surface area contributed by atoms with Gasteiger partial charge in [0.1, 0.15) is 5.75 Å². The summed E-state index contributed by atoms with van der Waals surface area (Å²) in [5, 5.41) is 3.66. The topological polar surface area (TPSA) is 48.1 Å². The number of methoxy groups -OCH3 is 1. The van der Waals surface area contributed by atoms with Gasteiger partial charge in [-0.2, -0.15) is 0 Å². The summed E-state index contributed by atoms with van der Waals surface area (Å²) in [6.07, 6.45) is 0.814. The molecule has 0 saturated heterocycles. The fraction of sp³-hybridized carbons (Fsp3) is 0.250. The number of hydrogen-bond acceptors (Lipinski definition) is 4. The van der Waals surface area contributed by atoms with Crippen molar-refractivity contribution < 1.29 is 4.74 Å². The maximum Gasteiger partial charge on any atom is 0.137 e. The van der Waals surface area contributed by atoms with Crippen LogP contribution in [0.15, 0.2) is 23.6 Å². The first kappa shape index (κ1) is 12.4. The lowest BCUT2D eigenvalue weighted by Crippen LogP contribution is -2.01. The maximum atomic E-state index is 6.08. The smallest absolute Gasteiger partial charge is 0.137 e. The summed E-state index contributed by atoms with van der Waals surface area (Å²) in [5.41, 5.74) is 7.43. The van der Waals surface area contributed by atoms with Crippen molar-refractivity contribution in [1.29, 1.82) is 0 Å². The van der Waals surface area contributed by atoms with E-state index in [2.05, 4.69) is 4.98 Å². The number of rotatable bonds is 4. The van der Waals surface area contributed by atoms with Crippen molar-refractivity contribution in [3.8, 4) is 17.0 Å². The van der Waals surface area contributed by atoms with Crippen molar-refractivity contribution in [3.63, 3.8) is 0 Å². The van der Waals surface area contributed by atoms with Gasteiger partial charge in [0, 0.05) is 17.4 Å². The van der Waals surface area contributed by atoms with Gasteiger partial charge < -0.3 is 10.5 Å². The predicted octanol–water partition coefficient (Wildman–Crippen LogP) is 2.97. The number of nitrogens with zero attached hydrogens (tertiary/aromatic N) is 1. The molecule has 5 heteroatoms. The van der Waals surface area contributed by atoms with Crippen LogP contribution in [0.3, 0.4) is 0 Å². The van der Waals surface area contributed by atoms with Gasteiger partial charge in [-0.15, -0.1) is 11.3 Å². The summed E-state index contributed by atoms with van der Waals surface area (Å²) in [5.74, 6) is 0.674. The Balaban J connectivity index is 2.29. The zero-order valence-electron chi connectivity index (χ0n) is 9.44. The molecule has 2 aromatic rings. The zero-order chi connectivity index (χ0) is 12.3. The first-order valence-corrected chi connectivity index (χ1v) is 6.48. The van der Waals surface area contributed by atoms with Crippen molar-refractivity contribution in [2.45, 2.75) is 6.42 Å². The van der Waals surface area contributed by atoms with Crippen LogP contribution in [0.2, 0.25) is 5.02 Å². The van der Waals surface area contributed by atoms with E-state index in [1.54, 1.807) is 18.4 Å². The highest BCUT2D eigenvalue weighted by atomic mass is 35.5. The monoisotopic (exact) mass is 268 g/mol. The standard InChI is InChI=1S/C12H13ClN2OS/c1-16-11-3-2-8(6-9(11)13)10-7-17-12(15-10)4-5-14/h2-3,6-7H,4-5,14H2,1H3. The van der Waals surface area contributed by atoms with Gasteiger partial charge in [0.25, 0.3) is 0 Å². The number of ether oxygens (including phenoxy) is 1. The van der Waals surface area contributed by atoms with Crippen LogP contribution in [0.1, 0.15) is 5.01 Å². The van der Waals surface area contributed by atoms with Crippen LogP contribution in [0.5, 0.6) is 5.75 Å². The maximum absolute atomic E-state index is 6.08. The molecule has 0 aliphatic rings. The van der Waals surface area contributed by atoms with Crippen LogP contribution in [0, 0.1) is 0 Å². The molecule has 0 atom stereocenters. The summed E-state index contributed by atoms with van der Waals surface area (Å²) in [7, 11) is 1.60. The molecule has 3 nitrogen and oxygen atoms in total. The predicted molar refractivity (Wildman–Crippen MR) is 71.9 cm³/mol. The lowest BCUT2D eigenvalue weighted by molar-refractivity contribution is 0.415. The third kappa shape index (κ3) is 2.77. The first-order valence-electron chi connectivity index (χ1n) is 5.23. The van der Waals surface area contributed by atoms with Crippen molar-refractivity contribution in [2.75, 3.05) is 13.7 Å². The molecule has 0 aliphatic carbocycles. The lowest BCUT2D eigenvalue weighted by Gasteiger charge is -2.04. The van der Waals surface area contributed by atoms with E-state index in [1.165, 1.54) is 0 Å². The fourth-order valence-corrected chi connectivity index (χ4v) is 2.59. The number of halogens is 1. The summed E-state index contributed by atoms with van der Waals surface area (Å²) >= 11 is 7.70. The lowest BCUT2D eigenvalue weighted by atomic mass is 10.2. The molecule has 1 aromatic carbocycles. The quantitative estimate of drug-likeness (QED) is 0.927. The van der Waals surface area contributed by atoms with E-state index in [9.17, 15) is 0 Å². The minimum Gasteiger partial charge on any atom is -0.495 e. The van der Waals surface area contributed by atoms with Gasteiger partial charge in [0.15, 0.2) is 0 Å². The Morgan fingerprint density at radius 1 is 1.47 bits per heavy atom. The Labute approximate surface area is 109 Å². The van der Waals surface area contributed by atoms with E-state index < -0.39 is 0 Å². The van der Waals surface area contributed by atoms with Crippen molar-refractivity contribution in [2.24, 2.45) is 5.73 Å². The van der Waals surface area contributed by atoms with Gasteiger partial charge in [-0.1, -0.05) is 11.6 Å². The average molecular weight is 269 g/mol. The van der Waals surface area contributed by atoms with Gasteiger partial charge in [0.05, 0.1) is 22.8 Å². The minimum atomic E-state index is 0.596. The van der Waals surface area contributed by atoms with Gasteiger partial charge in [-0.05, 0) is 24.7 Å².